The Balaban J connectivity index is 1.96. The number of amides is 1. The molecule has 0 aliphatic carbocycles. The molecule has 3 aromatic rings. The van der Waals surface area contributed by atoms with Crippen LogP contribution in [0.3, 0.4) is 0 Å². The van der Waals surface area contributed by atoms with E-state index in [0.717, 1.165) is 26.5 Å². The molecule has 0 fully saturated rings. The van der Waals surface area contributed by atoms with Crippen molar-refractivity contribution >= 4 is 33.1 Å². The Kier molecular flexibility index (Phi) is 3.99. The maximum absolute atomic E-state index is 11.3. The molecule has 3 N–H and O–H groups in total. The lowest BCUT2D eigenvalue weighted by molar-refractivity contribution is -0.114. The van der Waals surface area contributed by atoms with Crippen LogP contribution < -0.4 is 15.8 Å². The van der Waals surface area contributed by atoms with Crippen molar-refractivity contribution in [2.45, 2.75) is 0 Å². The molecule has 7 heteroatoms. The van der Waals surface area contributed by atoms with Crippen molar-refractivity contribution in [3.05, 3.63) is 36.7 Å². The lowest BCUT2D eigenvalue weighted by Gasteiger charge is -2.03. The number of anilines is 1. The molecule has 0 radical (unpaired) electrons. The van der Waals surface area contributed by atoms with Gasteiger partial charge in [0.25, 0.3) is 0 Å². The summed E-state index contributed by atoms with van der Waals surface area (Å²) in [6.07, 6.45) is 3.29. The second-order valence-corrected chi connectivity index (χ2v) is 5.60. The Morgan fingerprint density at radius 1 is 1.36 bits per heavy atom. The van der Waals surface area contributed by atoms with Crippen LogP contribution >= 0.6 is 11.3 Å². The maximum atomic E-state index is 11.3. The van der Waals surface area contributed by atoms with Crippen LogP contribution in [0, 0.1) is 0 Å². The van der Waals surface area contributed by atoms with Gasteiger partial charge in [-0.05, 0) is 18.2 Å². The number of hydrogen-bond acceptors (Lipinski definition) is 6. The normalized spacial score (nSPS) is 10.6. The van der Waals surface area contributed by atoms with Crippen LogP contribution in [0.2, 0.25) is 0 Å². The topological polar surface area (TPSA) is 90.1 Å². The minimum atomic E-state index is -0.256. The fraction of sp³-hybridized carbons (Fsp3) is 0.133. The number of pyridine rings is 1. The molecular weight excluding hydrogens is 300 g/mol. The molecule has 0 saturated heterocycles. The Morgan fingerprint density at radius 3 is 3.00 bits per heavy atom. The summed E-state index contributed by atoms with van der Waals surface area (Å²) in [5.41, 5.74) is 7.61. The third-order valence-electron chi connectivity index (χ3n) is 3.05. The van der Waals surface area contributed by atoms with Crippen LogP contribution in [0.1, 0.15) is 0 Å². The minimum Gasteiger partial charge on any atom is -0.497 e. The SMILES string of the molecule is COc1ccc2sc(-c3cncc(NC(=O)CN)c3)nc2c1. The van der Waals surface area contributed by atoms with Crippen LogP contribution in [0.25, 0.3) is 20.8 Å². The summed E-state index contributed by atoms with van der Waals surface area (Å²) in [6, 6.07) is 7.60. The van der Waals surface area contributed by atoms with E-state index in [2.05, 4.69) is 15.3 Å². The molecule has 3 rings (SSSR count). The van der Waals surface area contributed by atoms with E-state index in [1.54, 1.807) is 30.8 Å². The number of benzene rings is 1. The summed E-state index contributed by atoms with van der Waals surface area (Å²) in [5.74, 6) is 0.513. The second kappa shape index (κ2) is 6.08. The number of nitrogens with two attached hydrogens (primary N) is 1. The molecule has 0 unspecified atom stereocenters. The van der Waals surface area contributed by atoms with Crippen molar-refractivity contribution in [1.82, 2.24) is 9.97 Å². The first-order valence-corrected chi connectivity index (χ1v) is 7.41. The average molecular weight is 314 g/mol. The molecule has 0 spiro atoms. The van der Waals surface area contributed by atoms with E-state index in [-0.39, 0.29) is 12.5 Å². The molecule has 2 aromatic heterocycles. The van der Waals surface area contributed by atoms with Crippen molar-refractivity contribution in [2.24, 2.45) is 5.73 Å². The molecule has 6 nitrogen and oxygen atoms in total. The first kappa shape index (κ1) is 14.4. The Hall–Kier alpha value is -2.51. The van der Waals surface area contributed by atoms with Gasteiger partial charge < -0.3 is 15.8 Å². The molecule has 1 amide bonds. The molecule has 0 aliphatic heterocycles. The lowest BCUT2D eigenvalue weighted by atomic mass is 10.2. The number of carbonyl (C=O) groups is 1. The van der Waals surface area contributed by atoms with Gasteiger partial charge in [-0.2, -0.15) is 0 Å². The molecule has 0 saturated carbocycles. The van der Waals surface area contributed by atoms with Crippen molar-refractivity contribution in [3.8, 4) is 16.3 Å². The van der Waals surface area contributed by atoms with Crippen molar-refractivity contribution in [3.63, 3.8) is 0 Å². The van der Waals surface area contributed by atoms with Gasteiger partial charge in [-0.3, -0.25) is 9.78 Å². The Labute approximate surface area is 131 Å². The number of carbonyl (C=O) groups excluding carboxylic acids is 1. The highest BCUT2D eigenvalue weighted by Crippen LogP contribution is 2.32. The van der Waals surface area contributed by atoms with E-state index in [4.69, 9.17) is 10.5 Å². The van der Waals surface area contributed by atoms with Gasteiger partial charge >= 0.3 is 0 Å². The Bertz CT molecular complexity index is 831. The summed E-state index contributed by atoms with van der Waals surface area (Å²) in [6.45, 7) is -0.0643. The van der Waals surface area contributed by atoms with Crippen LogP contribution in [0.4, 0.5) is 5.69 Å². The molecule has 1 aromatic carbocycles. The summed E-state index contributed by atoms with van der Waals surface area (Å²) >= 11 is 1.56. The third-order valence-corrected chi connectivity index (χ3v) is 4.13. The number of fused-ring (bicyclic) bond motifs is 1. The third kappa shape index (κ3) is 2.90. The second-order valence-electron chi connectivity index (χ2n) is 4.57. The van der Waals surface area contributed by atoms with Crippen LogP contribution in [-0.4, -0.2) is 29.5 Å². The highest BCUT2D eigenvalue weighted by molar-refractivity contribution is 7.21. The van der Waals surface area contributed by atoms with E-state index < -0.39 is 0 Å². The maximum Gasteiger partial charge on any atom is 0.238 e. The zero-order valence-corrected chi connectivity index (χ0v) is 12.7. The minimum absolute atomic E-state index is 0.0643. The summed E-state index contributed by atoms with van der Waals surface area (Å²) in [5, 5.41) is 3.52. The fourth-order valence-corrected chi connectivity index (χ4v) is 2.92. The van der Waals surface area contributed by atoms with Crippen molar-refractivity contribution < 1.29 is 9.53 Å². The number of thiazole rings is 1. The van der Waals surface area contributed by atoms with Gasteiger partial charge in [0.1, 0.15) is 10.8 Å². The molecule has 22 heavy (non-hydrogen) atoms. The van der Waals surface area contributed by atoms with E-state index in [0.29, 0.717) is 5.69 Å². The summed E-state index contributed by atoms with van der Waals surface area (Å²) in [7, 11) is 1.63. The van der Waals surface area contributed by atoms with Crippen LogP contribution in [0.5, 0.6) is 5.75 Å². The lowest BCUT2D eigenvalue weighted by Crippen LogP contribution is -2.21. The predicted molar refractivity (Wildman–Crippen MR) is 87.1 cm³/mol. The summed E-state index contributed by atoms with van der Waals surface area (Å²) in [4.78, 5) is 20.1. The monoisotopic (exact) mass is 314 g/mol. The zero-order chi connectivity index (χ0) is 15.5. The number of hydrogen-bond donors (Lipinski definition) is 2. The number of methoxy groups -OCH3 is 1. The fourth-order valence-electron chi connectivity index (χ4n) is 1.99. The first-order valence-electron chi connectivity index (χ1n) is 6.59. The molecule has 0 bridgehead atoms. The number of rotatable bonds is 4. The van der Waals surface area contributed by atoms with Gasteiger partial charge in [-0.25, -0.2) is 4.98 Å². The smallest absolute Gasteiger partial charge is 0.238 e. The number of aromatic nitrogens is 2. The highest BCUT2D eigenvalue weighted by atomic mass is 32.1. The molecular formula is C15H14N4O2S. The van der Waals surface area contributed by atoms with E-state index >= 15 is 0 Å². The molecule has 0 aliphatic rings. The molecule has 0 atom stereocenters. The van der Waals surface area contributed by atoms with Gasteiger partial charge in [-0.15, -0.1) is 11.3 Å². The van der Waals surface area contributed by atoms with Crippen molar-refractivity contribution in [2.75, 3.05) is 19.0 Å². The van der Waals surface area contributed by atoms with Crippen molar-refractivity contribution in [1.29, 1.82) is 0 Å². The number of ether oxygens (including phenoxy) is 1. The molecule has 2 heterocycles. The number of nitrogens with one attached hydrogen (secondary N) is 1. The van der Waals surface area contributed by atoms with Gasteiger partial charge in [0, 0.05) is 17.8 Å². The standard InChI is InChI=1S/C15H14N4O2S/c1-21-11-2-3-13-12(5-11)19-15(22-13)9-4-10(8-17-7-9)18-14(20)6-16/h2-5,7-8H,6,16H2,1H3,(H,18,20). The highest BCUT2D eigenvalue weighted by Gasteiger charge is 2.09. The number of nitrogens with zero attached hydrogens (tertiary/aromatic N) is 2. The van der Waals surface area contributed by atoms with Crippen LogP contribution in [0.15, 0.2) is 36.7 Å². The van der Waals surface area contributed by atoms with E-state index in [9.17, 15) is 4.79 Å². The van der Waals surface area contributed by atoms with E-state index in [1.807, 2.05) is 24.3 Å². The largest absolute Gasteiger partial charge is 0.497 e. The van der Waals surface area contributed by atoms with Gasteiger partial charge in [0.15, 0.2) is 0 Å². The summed E-state index contributed by atoms with van der Waals surface area (Å²) < 4.78 is 6.27. The quantitative estimate of drug-likeness (QED) is 0.771. The van der Waals surface area contributed by atoms with E-state index in [1.165, 1.54) is 0 Å². The van der Waals surface area contributed by atoms with Gasteiger partial charge in [0.05, 0.1) is 35.8 Å². The molecule has 112 valence electrons. The van der Waals surface area contributed by atoms with Gasteiger partial charge in [-0.1, -0.05) is 0 Å². The zero-order valence-electron chi connectivity index (χ0n) is 11.9. The predicted octanol–water partition coefficient (Wildman–Crippen LogP) is 2.26. The van der Waals surface area contributed by atoms with Crippen LogP contribution in [-0.2, 0) is 4.79 Å². The Morgan fingerprint density at radius 2 is 2.23 bits per heavy atom. The first-order chi connectivity index (χ1) is 10.7. The average Bonchev–Trinajstić information content (AvgIpc) is 2.98. The van der Waals surface area contributed by atoms with Gasteiger partial charge in [0.2, 0.25) is 5.91 Å².